The minimum Gasteiger partial charge on any atom is -0.465 e. The molecule has 1 N–H and O–H groups in total. The van der Waals surface area contributed by atoms with Crippen molar-refractivity contribution in [2.45, 2.75) is 46.8 Å². The standard InChI is InChI=1S/C17H31N3O/c1-13(2)9-18-10-17-8-16(15(4)21-17)12-20-7-6-19(5)14(3)11-20/h8,13-14,18H,6-7,9-12H2,1-5H3. The molecule has 0 amide bonds. The van der Waals surface area contributed by atoms with E-state index in [0.717, 1.165) is 50.8 Å². The number of nitrogens with zero attached hydrogens (tertiary/aromatic N) is 2. The van der Waals surface area contributed by atoms with E-state index in [1.165, 1.54) is 5.56 Å². The molecule has 0 radical (unpaired) electrons. The maximum atomic E-state index is 5.89. The van der Waals surface area contributed by atoms with Gasteiger partial charge >= 0.3 is 0 Å². The first-order chi connectivity index (χ1) is 9.95. The third kappa shape index (κ3) is 4.83. The van der Waals surface area contributed by atoms with E-state index < -0.39 is 0 Å². The molecule has 4 nitrogen and oxygen atoms in total. The van der Waals surface area contributed by atoms with Crippen LogP contribution in [0.15, 0.2) is 10.5 Å². The summed E-state index contributed by atoms with van der Waals surface area (Å²) < 4.78 is 5.89. The first kappa shape index (κ1) is 16.5. The molecular formula is C17H31N3O. The highest BCUT2D eigenvalue weighted by Crippen LogP contribution is 2.18. The van der Waals surface area contributed by atoms with Gasteiger partial charge in [0.2, 0.25) is 0 Å². The van der Waals surface area contributed by atoms with Crippen LogP contribution >= 0.6 is 0 Å². The quantitative estimate of drug-likeness (QED) is 0.873. The Balaban J connectivity index is 1.87. The number of aryl methyl sites for hydroxylation is 1. The van der Waals surface area contributed by atoms with Crippen LogP contribution in [0.4, 0.5) is 0 Å². The average Bonchev–Trinajstić information content (AvgIpc) is 2.74. The zero-order valence-corrected chi connectivity index (χ0v) is 14.3. The van der Waals surface area contributed by atoms with Crippen molar-refractivity contribution in [3.63, 3.8) is 0 Å². The molecule has 0 saturated carbocycles. The Morgan fingerprint density at radius 3 is 2.81 bits per heavy atom. The van der Waals surface area contributed by atoms with Gasteiger partial charge in [0.05, 0.1) is 6.54 Å². The van der Waals surface area contributed by atoms with Gasteiger partial charge in [-0.25, -0.2) is 0 Å². The molecule has 0 aromatic carbocycles. The fourth-order valence-electron chi connectivity index (χ4n) is 2.82. The largest absolute Gasteiger partial charge is 0.465 e. The minimum atomic E-state index is 0.637. The molecule has 2 heterocycles. The number of likely N-dealkylation sites (N-methyl/N-ethyl adjacent to an activating group) is 1. The van der Waals surface area contributed by atoms with Crippen LogP contribution in [0.25, 0.3) is 0 Å². The molecule has 1 saturated heterocycles. The van der Waals surface area contributed by atoms with Crippen molar-refractivity contribution in [3.8, 4) is 0 Å². The van der Waals surface area contributed by atoms with Crippen molar-refractivity contribution in [3.05, 3.63) is 23.2 Å². The number of furan rings is 1. The van der Waals surface area contributed by atoms with Gasteiger partial charge in [0.1, 0.15) is 11.5 Å². The fraction of sp³-hybridized carbons (Fsp3) is 0.765. The fourth-order valence-corrected chi connectivity index (χ4v) is 2.82. The van der Waals surface area contributed by atoms with Crippen molar-refractivity contribution >= 4 is 0 Å². The van der Waals surface area contributed by atoms with Gasteiger partial charge in [-0.3, -0.25) is 4.90 Å². The van der Waals surface area contributed by atoms with Gasteiger partial charge in [0.25, 0.3) is 0 Å². The Hall–Kier alpha value is -0.840. The van der Waals surface area contributed by atoms with E-state index in [4.69, 9.17) is 4.42 Å². The van der Waals surface area contributed by atoms with Crippen molar-refractivity contribution in [2.24, 2.45) is 5.92 Å². The summed E-state index contributed by atoms with van der Waals surface area (Å²) in [5, 5.41) is 3.44. The Labute approximate surface area is 129 Å². The van der Waals surface area contributed by atoms with Crippen LogP contribution in [0.3, 0.4) is 0 Å². The molecule has 120 valence electrons. The normalized spacial score (nSPS) is 21.3. The molecule has 1 unspecified atom stereocenters. The van der Waals surface area contributed by atoms with Gasteiger partial charge in [-0.05, 0) is 39.4 Å². The van der Waals surface area contributed by atoms with E-state index >= 15 is 0 Å². The summed E-state index contributed by atoms with van der Waals surface area (Å²) in [6.45, 7) is 15.1. The summed E-state index contributed by atoms with van der Waals surface area (Å²) in [6, 6.07) is 2.86. The third-order valence-electron chi connectivity index (χ3n) is 4.36. The van der Waals surface area contributed by atoms with Crippen LogP contribution in [0.5, 0.6) is 0 Å². The highest BCUT2D eigenvalue weighted by Gasteiger charge is 2.21. The second-order valence-corrected chi connectivity index (χ2v) is 6.88. The van der Waals surface area contributed by atoms with Gasteiger partial charge in [-0.2, -0.15) is 0 Å². The number of piperazine rings is 1. The molecular weight excluding hydrogens is 262 g/mol. The molecule has 1 aromatic rings. The summed E-state index contributed by atoms with van der Waals surface area (Å²) in [4.78, 5) is 4.97. The van der Waals surface area contributed by atoms with Crippen LogP contribution in [-0.4, -0.2) is 49.1 Å². The van der Waals surface area contributed by atoms with Gasteiger partial charge in [-0.15, -0.1) is 0 Å². The Morgan fingerprint density at radius 2 is 2.14 bits per heavy atom. The van der Waals surface area contributed by atoms with Crippen molar-refractivity contribution < 1.29 is 4.42 Å². The summed E-state index contributed by atoms with van der Waals surface area (Å²) in [6.07, 6.45) is 0. The molecule has 1 fully saturated rings. The maximum Gasteiger partial charge on any atom is 0.118 e. The molecule has 0 spiro atoms. The highest BCUT2D eigenvalue weighted by molar-refractivity contribution is 5.21. The lowest BCUT2D eigenvalue weighted by Crippen LogP contribution is -2.49. The van der Waals surface area contributed by atoms with Crippen LogP contribution in [0, 0.1) is 12.8 Å². The second kappa shape index (κ2) is 7.43. The van der Waals surface area contributed by atoms with Crippen molar-refractivity contribution in [2.75, 3.05) is 33.2 Å². The second-order valence-electron chi connectivity index (χ2n) is 6.88. The molecule has 1 aliphatic rings. The molecule has 21 heavy (non-hydrogen) atoms. The molecule has 0 bridgehead atoms. The zero-order chi connectivity index (χ0) is 15.4. The number of hydrogen-bond donors (Lipinski definition) is 1. The molecule has 0 aliphatic carbocycles. The Kier molecular flexibility index (Phi) is 5.85. The SMILES string of the molecule is Cc1oc(CNCC(C)C)cc1CN1CCN(C)C(C)C1. The van der Waals surface area contributed by atoms with Crippen LogP contribution in [-0.2, 0) is 13.1 Å². The van der Waals surface area contributed by atoms with E-state index in [0.29, 0.717) is 12.0 Å². The van der Waals surface area contributed by atoms with Gasteiger partial charge < -0.3 is 14.6 Å². The van der Waals surface area contributed by atoms with E-state index in [2.05, 4.69) is 55.9 Å². The first-order valence-electron chi connectivity index (χ1n) is 8.17. The van der Waals surface area contributed by atoms with Gasteiger partial charge in [0, 0.05) is 37.8 Å². The molecule has 1 aliphatic heterocycles. The number of rotatable bonds is 6. The lowest BCUT2D eigenvalue weighted by atomic mass is 10.1. The van der Waals surface area contributed by atoms with Gasteiger partial charge in [0.15, 0.2) is 0 Å². The molecule has 4 heteroatoms. The lowest BCUT2D eigenvalue weighted by Gasteiger charge is -2.37. The van der Waals surface area contributed by atoms with Crippen LogP contribution in [0.1, 0.15) is 37.9 Å². The maximum absolute atomic E-state index is 5.89. The molecule has 1 atom stereocenters. The summed E-state index contributed by atoms with van der Waals surface area (Å²) in [5.41, 5.74) is 1.34. The molecule has 2 rings (SSSR count). The van der Waals surface area contributed by atoms with E-state index in [1.54, 1.807) is 0 Å². The van der Waals surface area contributed by atoms with E-state index in [9.17, 15) is 0 Å². The van der Waals surface area contributed by atoms with Crippen molar-refractivity contribution in [1.29, 1.82) is 0 Å². The topological polar surface area (TPSA) is 31.7 Å². The Morgan fingerprint density at radius 1 is 1.38 bits per heavy atom. The smallest absolute Gasteiger partial charge is 0.118 e. The summed E-state index contributed by atoms with van der Waals surface area (Å²) in [5.74, 6) is 2.81. The summed E-state index contributed by atoms with van der Waals surface area (Å²) in [7, 11) is 2.21. The Bertz CT molecular complexity index is 441. The predicted molar refractivity (Wildman–Crippen MR) is 87.4 cm³/mol. The number of nitrogens with one attached hydrogen (secondary N) is 1. The number of hydrogen-bond acceptors (Lipinski definition) is 4. The molecule has 1 aromatic heterocycles. The lowest BCUT2D eigenvalue weighted by molar-refractivity contribution is 0.0996. The van der Waals surface area contributed by atoms with Crippen LogP contribution in [0.2, 0.25) is 0 Å². The predicted octanol–water partition coefficient (Wildman–Crippen LogP) is 2.47. The summed E-state index contributed by atoms with van der Waals surface area (Å²) >= 11 is 0. The average molecular weight is 293 g/mol. The van der Waals surface area contributed by atoms with Crippen molar-refractivity contribution in [1.82, 2.24) is 15.1 Å². The first-order valence-corrected chi connectivity index (χ1v) is 8.17. The monoisotopic (exact) mass is 293 g/mol. The highest BCUT2D eigenvalue weighted by atomic mass is 16.3. The minimum absolute atomic E-state index is 0.637. The third-order valence-corrected chi connectivity index (χ3v) is 4.36. The zero-order valence-electron chi connectivity index (χ0n) is 14.3. The van der Waals surface area contributed by atoms with Gasteiger partial charge in [-0.1, -0.05) is 13.8 Å². The van der Waals surface area contributed by atoms with E-state index in [-0.39, 0.29) is 0 Å². The van der Waals surface area contributed by atoms with E-state index in [1.807, 2.05) is 0 Å². The van der Waals surface area contributed by atoms with Crippen LogP contribution < -0.4 is 5.32 Å².